The van der Waals surface area contributed by atoms with Crippen LogP contribution in [0.3, 0.4) is 0 Å². The smallest absolute Gasteiger partial charge is 0.243 e. The molecule has 0 spiro atoms. The maximum absolute atomic E-state index is 12.1. The van der Waals surface area contributed by atoms with Gasteiger partial charge in [0.15, 0.2) is 0 Å². The lowest BCUT2D eigenvalue weighted by atomic mass is 9.90. The van der Waals surface area contributed by atoms with E-state index in [0.717, 1.165) is 41.9 Å². The first kappa shape index (κ1) is 19.4. The highest BCUT2D eigenvalue weighted by Crippen LogP contribution is 2.28. The maximum Gasteiger partial charge on any atom is 0.243 e. The van der Waals surface area contributed by atoms with Gasteiger partial charge < -0.3 is 16.4 Å². The molecule has 2 amide bonds. The summed E-state index contributed by atoms with van der Waals surface area (Å²) in [5, 5.41) is 5.59. The van der Waals surface area contributed by atoms with Crippen LogP contribution in [0.25, 0.3) is 0 Å². The number of carbonyl (C=O) groups excluding carboxylic acids is 2. The van der Waals surface area contributed by atoms with Crippen LogP contribution in [0.2, 0.25) is 0 Å². The first-order valence-corrected chi connectivity index (χ1v) is 8.79. The first-order valence-electron chi connectivity index (χ1n) is 8.79. The predicted molar refractivity (Wildman–Crippen MR) is 101 cm³/mol. The number of nitrogens with two attached hydrogens (primary N) is 1. The van der Waals surface area contributed by atoms with Gasteiger partial charge in [0.05, 0.1) is 13.1 Å². The second kappa shape index (κ2) is 7.97. The summed E-state index contributed by atoms with van der Waals surface area (Å²) < 4.78 is 0. The van der Waals surface area contributed by atoms with Crippen molar-refractivity contribution in [2.75, 3.05) is 38.0 Å². The first-order chi connectivity index (χ1) is 11.7. The molecule has 1 aliphatic rings. The van der Waals surface area contributed by atoms with Crippen molar-refractivity contribution in [2.24, 2.45) is 11.1 Å². The van der Waals surface area contributed by atoms with Crippen LogP contribution in [-0.4, -0.2) is 49.4 Å². The highest BCUT2D eigenvalue weighted by atomic mass is 16.2. The van der Waals surface area contributed by atoms with Crippen LogP contribution in [0.5, 0.6) is 0 Å². The summed E-state index contributed by atoms with van der Waals surface area (Å²) >= 11 is 0. The molecule has 0 radical (unpaired) electrons. The van der Waals surface area contributed by atoms with Crippen molar-refractivity contribution < 1.29 is 9.59 Å². The standard InChI is InChI=1S/C19H30N4O2/c1-13-7-14(2)18(15(3)8-13)22-16(24)9-21-17(25)10-23-6-5-19(4,11-20)12-23/h7-8H,5-6,9-12,20H2,1-4H3,(H,21,25)(H,22,24). The zero-order valence-electron chi connectivity index (χ0n) is 15.7. The molecule has 0 saturated carbocycles. The zero-order chi connectivity index (χ0) is 18.6. The van der Waals surface area contributed by atoms with E-state index in [1.165, 1.54) is 0 Å². The number of anilines is 1. The van der Waals surface area contributed by atoms with Crippen molar-refractivity contribution in [3.63, 3.8) is 0 Å². The molecule has 6 heteroatoms. The van der Waals surface area contributed by atoms with Crippen molar-refractivity contribution in [1.82, 2.24) is 10.2 Å². The highest BCUT2D eigenvalue weighted by molar-refractivity contribution is 5.96. The van der Waals surface area contributed by atoms with Crippen LogP contribution in [0.4, 0.5) is 5.69 Å². The molecule has 25 heavy (non-hydrogen) atoms. The Labute approximate surface area is 150 Å². The molecule has 0 aliphatic carbocycles. The molecule has 4 N–H and O–H groups in total. The topological polar surface area (TPSA) is 87.5 Å². The van der Waals surface area contributed by atoms with Crippen molar-refractivity contribution in [3.05, 3.63) is 28.8 Å². The molecule has 1 unspecified atom stereocenters. The van der Waals surface area contributed by atoms with Gasteiger partial charge >= 0.3 is 0 Å². The average molecular weight is 346 g/mol. The van der Waals surface area contributed by atoms with Crippen LogP contribution in [0.15, 0.2) is 12.1 Å². The average Bonchev–Trinajstić information content (AvgIpc) is 2.90. The lowest BCUT2D eigenvalue weighted by Crippen LogP contribution is -2.41. The molecule has 0 aromatic heterocycles. The Morgan fingerprint density at radius 2 is 1.84 bits per heavy atom. The molecule has 138 valence electrons. The number of hydrogen-bond acceptors (Lipinski definition) is 4. The number of benzene rings is 1. The number of amides is 2. The number of likely N-dealkylation sites (tertiary alicyclic amines) is 1. The second-order valence-electron chi connectivity index (χ2n) is 7.57. The van der Waals surface area contributed by atoms with E-state index < -0.39 is 0 Å². The van der Waals surface area contributed by atoms with Crippen LogP contribution in [0, 0.1) is 26.2 Å². The van der Waals surface area contributed by atoms with Crippen LogP contribution < -0.4 is 16.4 Å². The summed E-state index contributed by atoms with van der Waals surface area (Å²) in [6.45, 7) is 10.7. The Balaban J connectivity index is 1.80. The number of hydrogen-bond donors (Lipinski definition) is 3. The molecular formula is C19H30N4O2. The van der Waals surface area contributed by atoms with E-state index in [4.69, 9.17) is 5.73 Å². The van der Waals surface area contributed by atoms with Gasteiger partial charge in [-0.2, -0.15) is 0 Å². The van der Waals surface area contributed by atoms with Gasteiger partial charge in [-0.25, -0.2) is 0 Å². The van der Waals surface area contributed by atoms with E-state index in [9.17, 15) is 9.59 Å². The van der Waals surface area contributed by atoms with E-state index >= 15 is 0 Å². The number of carbonyl (C=O) groups is 2. The van der Waals surface area contributed by atoms with E-state index in [1.807, 2.05) is 32.9 Å². The summed E-state index contributed by atoms with van der Waals surface area (Å²) in [4.78, 5) is 26.3. The van der Waals surface area contributed by atoms with Gasteiger partial charge in [0.1, 0.15) is 0 Å². The molecule has 1 aliphatic heterocycles. The van der Waals surface area contributed by atoms with Crippen molar-refractivity contribution in [1.29, 1.82) is 0 Å². The SMILES string of the molecule is Cc1cc(C)c(NC(=O)CNC(=O)CN2CCC(C)(CN)C2)c(C)c1. The van der Waals surface area contributed by atoms with E-state index in [0.29, 0.717) is 13.1 Å². The summed E-state index contributed by atoms with van der Waals surface area (Å²) in [7, 11) is 0. The quantitative estimate of drug-likeness (QED) is 0.725. The molecule has 1 heterocycles. The van der Waals surface area contributed by atoms with Crippen LogP contribution >= 0.6 is 0 Å². The minimum atomic E-state index is -0.211. The Morgan fingerprint density at radius 3 is 2.40 bits per heavy atom. The van der Waals surface area contributed by atoms with Gasteiger partial charge in [-0.05, 0) is 56.8 Å². The summed E-state index contributed by atoms with van der Waals surface area (Å²) in [6, 6.07) is 4.06. The number of nitrogens with zero attached hydrogens (tertiary/aromatic N) is 1. The molecule has 1 atom stereocenters. The minimum absolute atomic E-state index is 0.0203. The maximum atomic E-state index is 12.1. The summed E-state index contributed by atoms with van der Waals surface area (Å²) in [5.41, 5.74) is 9.91. The highest BCUT2D eigenvalue weighted by Gasteiger charge is 2.33. The van der Waals surface area contributed by atoms with Crippen LogP contribution in [-0.2, 0) is 9.59 Å². The van der Waals surface area contributed by atoms with E-state index in [-0.39, 0.29) is 23.8 Å². The summed E-state index contributed by atoms with van der Waals surface area (Å²) in [6.07, 6.45) is 1.00. The second-order valence-corrected chi connectivity index (χ2v) is 7.57. The number of aryl methyl sites for hydroxylation is 3. The molecular weight excluding hydrogens is 316 g/mol. The monoisotopic (exact) mass is 346 g/mol. The fraction of sp³-hybridized carbons (Fsp3) is 0.579. The fourth-order valence-electron chi connectivity index (χ4n) is 3.43. The lowest BCUT2D eigenvalue weighted by molar-refractivity contribution is -0.124. The molecule has 2 rings (SSSR count). The normalized spacial score (nSPS) is 20.5. The Morgan fingerprint density at radius 1 is 1.20 bits per heavy atom. The largest absolute Gasteiger partial charge is 0.346 e. The Bertz CT molecular complexity index is 636. The van der Waals surface area contributed by atoms with E-state index in [2.05, 4.69) is 22.5 Å². The number of rotatable bonds is 6. The van der Waals surface area contributed by atoms with Gasteiger partial charge in [-0.3, -0.25) is 14.5 Å². The predicted octanol–water partition coefficient (Wildman–Crippen LogP) is 1.34. The van der Waals surface area contributed by atoms with Gasteiger partial charge in [-0.1, -0.05) is 24.6 Å². The Hall–Kier alpha value is -1.92. The third-order valence-electron chi connectivity index (χ3n) is 4.88. The molecule has 1 aromatic rings. The number of nitrogens with one attached hydrogen (secondary N) is 2. The third kappa shape index (κ3) is 5.28. The van der Waals surface area contributed by atoms with Crippen molar-refractivity contribution in [2.45, 2.75) is 34.1 Å². The zero-order valence-corrected chi connectivity index (χ0v) is 15.7. The van der Waals surface area contributed by atoms with Gasteiger partial charge in [0.2, 0.25) is 11.8 Å². The molecule has 1 fully saturated rings. The fourth-order valence-corrected chi connectivity index (χ4v) is 3.43. The summed E-state index contributed by atoms with van der Waals surface area (Å²) in [5.74, 6) is -0.342. The molecule has 0 bridgehead atoms. The van der Waals surface area contributed by atoms with Crippen molar-refractivity contribution >= 4 is 17.5 Å². The lowest BCUT2D eigenvalue weighted by Gasteiger charge is -2.22. The van der Waals surface area contributed by atoms with E-state index in [1.54, 1.807) is 0 Å². The van der Waals surface area contributed by atoms with Gasteiger partial charge in [0, 0.05) is 12.2 Å². The van der Waals surface area contributed by atoms with Gasteiger partial charge in [-0.15, -0.1) is 0 Å². The van der Waals surface area contributed by atoms with Crippen LogP contribution in [0.1, 0.15) is 30.0 Å². The molecule has 1 aromatic carbocycles. The van der Waals surface area contributed by atoms with Crippen molar-refractivity contribution in [3.8, 4) is 0 Å². The molecule has 1 saturated heterocycles. The van der Waals surface area contributed by atoms with Gasteiger partial charge in [0.25, 0.3) is 0 Å². The molecule has 6 nitrogen and oxygen atoms in total. The third-order valence-corrected chi connectivity index (χ3v) is 4.88. The minimum Gasteiger partial charge on any atom is -0.346 e. The Kier molecular flexibility index (Phi) is 6.19.